The molecule has 4 nitrogen and oxygen atoms in total. The Kier molecular flexibility index (Phi) is 5.48. The Hall–Kier alpha value is -1.71. The van der Waals surface area contributed by atoms with Crippen LogP contribution >= 0.6 is 0 Å². The van der Waals surface area contributed by atoms with Crippen LogP contribution in [-0.2, 0) is 4.79 Å². The van der Waals surface area contributed by atoms with Gasteiger partial charge in [0.2, 0.25) is 5.91 Å². The van der Waals surface area contributed by atoms with Crippen LogP contribution in [0.1, 0.15) is 39.0 Å². The van der Waals surface area contributed by atoms with Crippen LogP contribution in [0.4, 0.5) is 5.69 Å². The number of nitrogens with two attached hydrogens (primary N) is 1. The number of amides is 1. The van der Waals surface area contributed by atoms with Crippen molar-refractivity contribution in [3.63, 3.8) is 0 Å². The van der Waals surface area contributed by atoms with Crippen molar-refractivity contribution in [2.45, 2.75) is 45.1 Å². The molecule has 0 spiro atoms. The smallest absolute Gasteiger partial charge is 0.225 e. The van der Waals surface area contributed by atoms with E-state index < -0.39 is 0 Å². The van der Waals surface area contributed by atoms with Crippen molar-refractivity contribution >= 4 is 11.6 Å². The molecule has 0 bridgehead atoms. The summed E-state index contributed by atoms with van der Waals surface area (Å²) in [5, 5.41) is 0. The van der Waals surface area contributed by atoms with Gasteiger partial charge in [-0.05, 0) is 43.0 Å². The van der Waals surface area contributed by atoms with Gasteiger partial charge in [0.15, 0.2) is 0 Å². The van der Waals surface area contributed by atoms with Crippen LogP contribution in [-0.4, -0.2) is 30.5 Å². The van der Waals surface area contributed by atoms with Crippen LogP contribution in [0.3, 0.4) is 0 Å². The Balaban J connectivity index is 1.74. The Labute approximate surface area is 127 Å². The maximum Gasteiger partial charge on any atom is 0.225 e. The third-order valence-corrected chi connectivity index (χ3v) is 4.31. The third kappa shape index (κ3) is 4.66. The molecule has 1 aliphatic rings. The number of nitrogens with zero attached hydrogens (tertiary/aromatic N) is 1. The molecule has 1 aromatic carbocycles. The van der Waals surface area contributed by atoms with Gasteiger partial charge in [0, 0.05) is 18.8 Å². The Morgan fingerprint density at radius 3 is 2.71 bits per heavy atom. The molecule has 1 amide bonds. The predicted molar refractivity (Wildman–Crippen MR) is 85.2 cm³/mol. The first-order chi connectivity index (χ1) is 10.1. The molecule has 1 aliphatic carbocycles. The summed E-state index contributed by atoms with van der Waals surface area (Å²) in [7, 11) is 1.92. The van der Waals surface area contributed by atoms with Crippen molar-refractivity contribution in [2.24, 2.45) is 5.92 Å². The summed E-state index contributed by atoms with van der Waals surface area (Å²) < 4.78 is 5.59. The number of hydrogen-bond acceptors (Lipinski definition) is 3. The number of ether oxygens (including phenoxy) is 1. The summed E-state index contributed by atoms with van der Waals surface area (Å²) >= 11 is 0. The SMILES string of the molecule is CC1CCCC(N(C)C(=O)CCOc2ccc(N)cc2)C1. The minimum Gasteiger partial charge on any atom is -0.493 e. The van der Waals surface area contributed by atoms with Gasteiger partial charge >= 0.3 is 0 Å². The van der Waals surface area contributed by atoms with Gasteiger partial charge in [-0.25, -0.2) is 0 Å². The molecule has 2 rings (SSSR count). The van der Waals surface area contributed by atoms with Gasteiger partial charge in [0.05, 0.1) is 13.0 Å². The molecule has 0 saturated heterocycles. The second kappa shape index (κ2) is 7.34. The Morgan fingerprint density at radius 1 is 1.33 bits per heavy atom. The molecule has 0 radical (unpaired) electrons. The lowest BCUT2D eigenvalue weighted by Gasteiger charge is -2.34. The summed E-state index contributed by atoms with van der Waals surface area (Å²) in [5.74, 6) is 1.65. The average Bonchev–Trinajstić information content (AvgIpc) is 2.48. The molecule has 2 unspecified atom stereocenters. The van der Waals surface area contributed by atoms with Gasteiger partial charge in [-0.2, -0.15) is 0 Å². The van der Waals surface area contributed by atoms with E-state index in [1.807, 2.05) is 24.1 Å². The Morgan fingerprint density at radius 2 is 2.05 bits per heavy atom. The zero-order valence-electron chi connectivity index (χ0n) is 13.0. The number of benzene rings is 1. The zero-order valence-corrected chi connectivity index (χ0v) is 13.0. The van der Waals surface area contributed by atoms with Gasteiger partial charge in [0.1, 0.15) is 5.75 Å². The fraction of sp³-hybridized carbons (Fsp3) is 0.588. The summed E-state index contributed by atoms with van der Waals surface area (Å²) in [6.45, 7) is 2.68. The largest absolute Gasteiger partial charge is 0.493 e. The molecule has 2 N–H and O–H groups in total. The van der Waals surface area contributed by atoms with E-state index >= 15 is 0 Å². The normalized spacial score (nSPS) is 21.8. The summed E-state index contributed by atoms with van der Waals surface area (Å²) in [5.41, 5.74) is 6.33. The first-order valence-electron chi connectivity index (χ1n) is 7.80. The number of carbonyl (C=O) groups is 1. The highest BCUT2D eigenvalue weighted by Gasteiger charge is 2.25. The minimum absolute atomic E-state index is 0.171. The first-order valence-corrected chi connectivity index (χ1v) is 7.80. The van der Waals surface area contributed by atoms with Crippen LogP contribution < -0.4 is 10.5 Å². The van der Waals surface area contributed by atoms with E-state index in [9.17, 15) is 4.79 Å². The zero-order chi connectivity index (χ0) is 15.2. The molecule has 0 heterocycles. The lowest BCUT2D eigenvalue weighted by atomic mass is 9.86. The number of anilines is 1. The van der Waals surface area contributed by atoms with Crippen LogP contribution in [0.5, 0.6) is 5.75 Å². The Bertz CT molecular complexity index is 458. The monoisotopic (exact) mass is 290 g/mol. The number of hydrogen-bond donors (Lipinski definition) is 1. The molecule has 2 atom stereocenters. The van der Waals surface area contributed by atoms with E-state index in [0.717, 1.165) is 24.5 Å². The molecule has 1 saturated carbocycles. The lowest BCUT2D eigenvalue weighted by molar-refractivity contribution is -0.133. The molecule has 116 valence electrons. The number of nitrogen functional groups attached to an aromatic ring is 1. The molecule has 1 fully saturated rings. The van der Waals surface area contributed by atoms with Crippen LogP contribution in [0.15, 0.2) is 24.3 Å². The molecule has 4 heteroatoms. The maximum absolute atomic E-state index is 12.2. The van der Waals surface area contributed by atoms with Crippen LogP contribution in [0, 0.1) is 5.92 Å². The van der Waals surface area contributed by atoms with E-state index in [1.165, 1.54) is 12.8 Å². The van der Waals surface area contributed by atoms with Crippen LogP contribution in [0.2, 0.25) is 0 Å². The van der Waals surface area contributed by atoms with Crippen molar-refractivity contribution in [2.75, 3.05) is 19.4 Å². The summed E-state index contributed by atoms with van der Waals surface area (Å²) in [6, 6.07) is 7.65. The minimum atomic E-state index is 0.171. The van der Waals surface area contributed by atoms with Crippen molar-refractivity contribution in [1.82, 2.24) is 4.90 Å². The highest BCUT2D eigenvalue weighted by atomic mass is 16.5. The highest BCUT2D eigenvalue weighted by Crippen LogP contribution is 2.26. The molecule has 1 aromatic rings. The average molecular weight is 290 g/mol. The predicted octanol–water partition coefficient (Wildman–Crippen LogP) is 3.07. The van der Waals surface area contributed by atoms with Crippen molar-refractivity contribution in [1.29, 1.82) is 0 Å². The maximum atomic E-state index is 12.2. The van der Waals surface area contributed by atoms with Crippen LogP contribution in [0.25, 0.3) is 0 Å². The van der Waals surface area contributed by atoms with Crippen molar-refractivity contribution < 1.29 is 9.53 Å². The third-order valence-electron chi connectivity index (χ3n) is 4.31. The number of carbonyl (C=O) groups excluding carboxylic acids is 1. The van der Waals surface area contributed by atoms with E-state index in [0.29, 0.717) is 24.8 Å². The van der Waals surface area contributed by atoms with Crippen molar-refractivity contribution in [3.05, 3.63) is 24.3 Å². The van der Waals surface area contributed by atoms with Crippen molar-refractivity contribution in [3.8, 4) is 5.75 Å². The molecular weight excluding hydrogens is 264 g/mol. The molecule has 21 heavy (non-hydrogen) atoms. The van der Waals surface area contributed by atoms with E-state index in [4.69, 9.17) is 10.5 Å². The van der Waals surface area contributed by atoms with E-state index in [2.05, 4.69) is 6.92 Å². The van der Waals surface area contributed by atoms with Gasteiger partial charge in [-0.1, -0.05) is 19.8 Å². The van der Waals surface area contributed by atoms with Gasteiger partial charge < -0.3 is 15.4 Å². The highest BCUT2D eigenvalue weighted by molar-refractivity contribution is 5.76. The number of rotatable bonds is 5. The molecule has 0 aromatic heterocycles. The fourth-order valence-electron chi connectivity index (χ4n) is 2.95. The standard InChI is InChI=1S/C17H26N2O2/c1-13-4-3-5-15(12-13)19(2)17(20)10-11-21-16-8-6-14(18)7-9-16/h6-9,13,15H,3-5,10-12,18H2,1-2H3. The van der Waals surface area contributed by atoms with Gasteiger partial charge in [-0.3, -0.25) is 4.79 Å². The van der Waals surface area contributed by atoms with Gasteiger partial charge in [0.25, 0.3) is 0 Å². The second-order valence-electron chi connectivity index (χ2n) is 6.10. The summed E-state index contributed by atoms with van der Waals surface area (Å²) in [6.07, 6.45) is 5.20. The molecular formula is C17H26N2O2. The summed E-state index contributed by atoms with van der Waals surface area (Å²) in [4.78, 5) is 14.1. The van der Waals surface area contributed by atoms with E-state index in [-0.39, 0.29) is 5.91 Å². The quantitative estimate of drug-likeness (QED) is 0.848. The fourth-order valence-corrected chi connectivity index (χ4v) is 2.95. The van der Waals surface area contributed by atoms with Gasteiger partial charge in [-0.15, -0.1) is 0 Å². The first kappa shape index (κ1) is 15.7. The van der Waals surface area contributed by atoms with E-state index in [1.54, 1.807) is 12.1 Å². The second-order valence-corrected chi connectivity index (χ2v) is 6.10. The molecule has 0 aliphatic heterocycles. The topological polar surface area (TPSA) is 55.6 Å². The lowest BCUT2D eigenvalue weighted by Crippen LogP contribution is -2.40.